The van der Waals surface area contributed by atoms with Gasteiger partial charge in [0.15, 0.2) is 5.82 Å². The van der Waals surface area contributed by atoms with E-state index < -0.39 is 35.5 Å². The maximum atomic E-state index is 16.9. The number of aromatic nitrogens is 2. The zero-order valence-corrected chi connectivity index (χ0v) is 38.2. The van der Waals surface area contributed by atoms with Crippen LogP contribution >= 0.6 is 11.6 Å². The van der Waals surface area contributed by atoms with E-state index in [2.05, 4.69) is 22.2 Å². The summed E-state index contributed by atoms with van der Waals surface area (Å²) >= 11 is 6.86. The second-order valence-electron chi connectivity index (χ2n) is 16.7. The van der Waals surface area contributed by atoms with Crippen molar-refractivity contribution in [3.8, 4) is 16.9 Å². The summed E-state index contributed by atoms with van der Waals surface area (Å²) in [6, 6.07) is 16.0. The monoisotopic (exact) mass is 948 g/mol. The molecule has 354 valence electrons. The summed E-state index contributed by atoms with van der Waals surface area (Å²) in [6.07, 6.45) is 2.49. The van der Waals surface area contributed by atoms with Gasteiger partial charge in [-0.05, 0) is 71.5 Å². The van der Waals surface area contributed by atoms with E-state index in [1.807, 2.05) is 29.2 Å². The van der Waals surface area contributed by atoms with Crippen LogP contribution in [0.25, 0.3) is 32.8 Å². The molecule has 6 amide bonds. The summed E-state index contributed by atoms with van der Waals surface area (Å²) in [5.74, 6) is -2.79. The summed E-state index contributed by atoms with van der Waals surface area (Å²) in [6.45, 7) is 6.83. The van der Waals surface area contributed by atoms with Gasteiger partial charge >= 0.3 is 0 Å². The molecule has 1 atom stereocenters. The molecule has 2 fully saturated rings. The second-order valence-corrected chi connectivity index (χ2v) is 17.1. The molecular formula is C49H50ClFN8O9. The molecule has 68 heavy (non-hydrogen) atoms. The Bertz CT molecular complexity index is 2840. The van der Waals surface area contributed by atoms with Crippen LogP contribution in [0.15, 0.2) is 73.3 Å². The SMILES string of the molecule is C=CC(=O)N1CCN(c2nc(NCCC(=O)N(C)CCOCCOCCCc3cccc4c3C(=O)N(C3CCC(=O)NC3=O)C4=O)nc3c(F)c(-c4cc(O)cc5ccccc45)c(Cl)cc23)CC1. The quantitative estimate of drug-likeness (QED) is 0.0595. The average Bonchev–Trinajstić information content (AvgIpc) is 3.59. The van der Waals surface area contributed by atoms with Gasteiger partial charge in [0.2, 0.25) is 29.6 Å². The van der Waals surface area contributed by atoms with Crippen LogP contribution in [-0.4, -0.2) is 144 Å². The molecule has 1 unspecified atom stereocenters. The maximum absolute atomic E-state index is 16.9. The number of ether oxygens (including phenoxy) is 2. The minimum atomic E-state index is -1.03. The van der Waals surface area contributed by atoms with Gasteiger partial charge in [-0.3, -0.25) is 39.0 Å². The van der Waals surface area contributed by atoms with E-state index in [0.29, 0.717) is 91.9 Å². The van der Waals surface area contributed by atoms with Crippen LogP contribution in [-0.2, 0) is 35.1 Å². The number of amides is 6. The molecule has 5 aromatic rings. The fraction of sp³-hybridized carbons (Fsp3) is 0.347. The molecule has 2 saturated heterocycles. The summed E-state index contributed by atoms with van der Waals surface area (Å²) in [5.41, 5.74) is 1.65. The molecule has 0 bridgehead atoms. The molecule has 0 saturated carbocycles. The Hall–Kier alpha value is -7.02. The first-order valence-electron chi connectivity index (χ1n) is 22.4. The molecule has 0 radical (unpaired) electrons. The van der Waals surface area contributed by atoms with Crippen LogP contribution < -0.4 is 15.5 Å². The van der Waals surface area contributed by atoms with Crippen molar-refractivity contribution in [1.29, 1.82) is 0 Å². The molecule has 19 heteroatoms. The van der Waals surface area contributed by atoms with Crippen molar-refractivity contribution < 1.29 is 47.7 Å². The summed E-state index contributed by atoms with van der Waals surface area (Å²) in [7, 11) is 1.66. The molecule has 3 N–H and O–H groups in total. The third-order valence-electron chi connectivity index (χ3n) is 12.3. The number of likely N-dealkylation sites (N-methyl/N-ethyl adjacent to an activating group) is 1. The molecule has 1 aromatic heterocycles. The van der Waals surface area contributed by atoms with Gasteiger partial charge in [0.1, 0.15) is 23.1 Å². The van der Waals surface area contributed by atoms with Crippen molar-refractivity contribution in [2.45, 2.75) is 38.1 Å². The van der Waals surface area contributed by atoms with Crippen molar-refractivity contribution in [2.75, 3.05) is 83.0 Å². The number of halogens is 2. The van der Waals surface area contributed by atoms with Gasteiger partial charge in [0, 0.05) is 76.7 Å². The highest BCUT2D eigenvalue weighted by atomic mass is 35.5. The van der Waals surface area contributed by atoms with Crippen LogP contribution in [0, 0.1) is 5.82 Å². The molecule has 17 nitrogen and oxygen atoms in total. The molecule has 0 aliphatic carbocycles. The number of phenols is 1. The normalized spacial score (nSPS) is 16.1. The number of aryl methyl sites for hydroxylation is 1. The highest BCUT2D eigenvalue weighted by Gasteiger charge is 2.45. The van der Waals surface area contributed by atoms with Gasteiger partial charge in [-0.2, -0.15) is 4.98 Å². The van der Waals surface area contributed by atoms with E-state index >= 15 is 4.39 Å². The Morgan fingerprint density at radius 1 is 0.941 bits per heavy atom. The zero-order chi connectivity index (χ0) is 48.1. The number of rotatable bonds is 18. The van der Waals surface area contributed by atoms with Crippen molar-refractivity contribution in [3.05, 3.63) is 101 Å². The molecular weight excluding hydrogens is 899 g/mol. The first kappa shape index (κ1) is 47.5. The first-order chi connectivity index (χ1) is 32.8. The minimum absolute atomic E-state index is 0.00730. The number of carbonyl (C=O) groups is 6. The van der Waals surface area contributed by atoms with Crippen LogP contribution in [0.4, 0.5) is 16.2 Å². The van der Waals surface area contributed by atoms with Crippen LogP contribution in [0.5, 0.6) is 5.75 Å². The number of anilines is 2. The number of carbonyl (C=O) groups excluding carboxylic acids is 6. The number of hydrogen-bond donors (Lipinski definition) is 3. The summed E-state index contributed by atoms with van der Waals surface area (Å²) < 4.78 is 28.4. The Morgan fingerprint density at radius 3 is 2.47 bits per heavy atom. The molecule has 3 aliphatic rings. The highest BCUT2D eigenvalue weighted by Crippen LogP contribution is 2.42. The van der Waals surface area contributed by atoms with E-state index in [1.165, 1.54) is 12.1 Å². The largest absolute Gasteiger partial charge is 0.508 e. The molecule has 4 heterocycles. The Kier molecular flexibility index (Phi) is 14.6. The number of nitrogens with one attached hydrogen (secondary N) is 2. The smallest absolute Gasteiger partial charge is 0.262 e. The van der Waals surface area contributed by atoms with E-state index in [-0.39, 0.29) is 89.8 Å². The number of aromatic hydroxyl groups is 1. The van der Waals surface area contributed by atoms with Crippen LogP contribution in [0.1, 0.15) is 52.0 Å². The molecule has 0 spiro atoms. The fourth-order valence-electron chi connectivity index (χ4n) is 8.79. The molecule has 3 aliphatic heterocycles. The standard InChI is InChI=1S/C49H50ClFN8O9/c1-3-39(62)57-17-19-58(20-18-57)45-35-28-36(50)42(34-27-31(60)26-30-8-4-5-11-32(30)34)43(51)44(35)54-49(55-45)52-16-15-40(63)56(2)21-23-68-25-24-67-22-7-10-29-9-6-12-33-41(29)48(66)59(47(33)65)37-13-14-38(61)53-46(37)64/h3-6,8-9,11-12,26-28,37,60H,1,7,10,13-25H2,2H3,(H,52,54,55)(H,53,61,64). The minimum Gasteiger partial charge on any atom is -0.508 e. The predicted molar refractivity (Wildman–Crippen MR) is 252 cm³/mol. The van der Waals surface area contributed by atoms with Crippen LogP contribution in [0.2, 0.25) is 5.02 Å². The van der Waals surface area contributed by atoms with Crippen molar-refractivity contribution >= 4 is 80.5 Å². The van der Waals surface area contributed by atoms with Gasteiger partial charge in [0.05, 0.1) is 36.0 Å². The first-order valence-corrected chi connectivity index (χ1v) is 22.8. The lowest BCUT2D eigenvalue weighted by atomic mass is 9.96. The number of benzene rings is 4. The summed E-state index contributed by atoms with van der Waals surface area (Å²) in [4.78, 5) is 91.5. The lowest BCUT2D eigenvalue weighted by Gasteiger charge is -2.35. The van der Waals surface area contributed by atoms with Gasteiger partial charge in [-0.15, -0.1) is 0 Å². The highest BCUT2D eigenvalue weighted by molar-refractivity contribution is 6.35. The number of nitrogens with zero attached hydrogens (tertiary/aromatic N) is 6. The van der Waals surface area contributed by atoms with Gasteiger partial charge in [-0.1, -0.05) is 54.6 Å². The third kappa shape index (κ3) is 9.98. The number of fused-ring (bicyclic) bond motifs is 3. The molecule has 4 aromatic carbocycles. The fourth-order valence-corrected chi connectivity index (χ4v) is 9.09. The van der Waals surface area contributed by atoms with Gasteiger partial charge < -0.3 is 34.6 Å². The molecule has 8 rings (SSSR count). The van der Waals surface area contributed by atoms with Gasteiger partial charge in [-0.25, -0.2) is 9.37 Å². The van der Waals surface area contributed by atoms with E-state index in [0.717, 1.165) is 4.90 Å². The predicted octanol–water partition coefficient (Wildman–Crippen LogP) is 5.11. The lowest BCUT2D eigenvalue weighted by Crippen LogP contribution is -2.54. The zero-order valence-electron chi connectivity index (χ0n) is 37.4. The second kappa shape index (κ2) is 20.9. The third-order valence-corrected chi connectivity index (χ3v) is 12.6. The van der Waals surface area contributed by atoms with E-state index in [4.69, 9.17) is 26.1 Å². The topological polar surface area (TPSA) is 204 Å². The van der Waals surface area contributed by atoms with Crippen molar-refractivity contribution in [2.24, 2.45) is 0 Å². The number of imide groups is 2. The summed E-state index contributed by atoms with van der Waals surface area (Å²) in [5, 5.41) is 17.7. The Labute approximate surface area is 395 Å². The number of piperazine rings is 1. The number of phenolic OH excluding ortho intramolecular Hbond substituents is 1. The van der Waals surface area contributed by atoms with Crippen molar-refractivity contribution in [3.63, 3.8) is 0 Å². The van der Waals surface area contributed by atoms with E-state index in [1.54, 1.807) is 47.2 Å². The van der Waals surface area contributed by atoms with Crippen molar-refractivity contribution in [1.82, 2.24) is 30.0 Å². The Balaban J connectivity index is 0.824. The number of piperidine rings is 1. The van der Waals surface area contributed by atoms with Crippen LogP contribution in [0.3, 0.4) is 0 Å². The Morgan fingerprint density at radius 2 is 1.71 bits per heavy atom. The maximum Gasteiger partial charge on any atom is 0.262 e. The van der Waals surface area contributed by atoms with Gasteiger partial charge in [0.25, 0.3) is 11.8 Å². The number of hydrogen-bond acceptors (Lipinski definition) is 13. The average molecular weight is 949 g/mol. The van der Waals surface area contributed by atoms with E-state index in [9.17, 15) is 33.9 Å². The lowest BCUT2D eigenvalue weighted by molar-refractivity contribution is -0.136.